The predicted molar refractivity (Wildman–Crippen MR) is 95.0 cm³/mol. The van der Waals surface area contributed by atoms with Crippen LogP contribution in [-0.4, -0.2) is 41.6 Å². The normalized spacial score (nSPS) is 24.2. The van der Waals surface area contributed by atoms with Crippen molar-refractivity contribution in [2.45, 2.75) is 50.4 Å². The van der Waals surface area contributed by atoms with Crippen molar-refractivity contribution in [1.82, 2.24) is 10.2 Å². The van der Waals surface area contributed by atoms with Crippen LogP contribution in [-0.2, 0) is 0 Å². The van der Waals surface area contributed by atoms with Gasteiger partial charge in [-0.1, -0.05) is 44.2 Å². The number of hydrogen-bond donors (Lipinski definition) is 1. The van der Waals surface area contributed by atoms with Crippen molar-refractivity contribution >= 4 is 11.8 Å². The second-order valence-electron chi connectivity index (χ2n) is 6.26. The Morgan fingerprint density at radius 2 is 1.90 bits per heavy atom. The van der Waals surface area contributed by atoms with Crippen molar-refractivity contribution in [2.24, 2.45) is 0 Å². The van der Waals surface area contributed by atoms with Gasteiger partial charge >= 0.3 is 0 Å². The third-order valence-corrected chi connectivity index (χ3v) is 6.58. The molecule has 1 heterocycles. The molecule has 0 radical (unpaired) electrons. The van der Waals surface area contributed by atoms with Gasteiger partial charge in [-0.2, -0.15) is 11.8 Å². The zero-order valence-corrected chi connectivity index (χ0v) is 14.7. The zero-order chi connectivity index (χ0) is 15.3. The van der Waals surface area contributed by atoms with Crippen LogP contribution < -0.4 is 5.32 Å². The quantitative estimate of drug-likeness (QED) is 0.857. The average Bonchev–Trinajstić information content (AvgIpc) is 2.54. The molecule has 2 nitrogen and oxygen atoms in total. The van der Waals surface area contributed by atoms with E-state index in [1.807, 2.05) is 11.8 Å². The van der Waals surface area contributed by atoms with E-state index in [0.29, 0.717) is 16.8 Å². The van der Waals surface area contributed by atoms with E-state index in [0.717, 1.165) is 13.1 Å². The molecule has 0 amide bonds. The summed E-state index contributed by atoms with van der Waals surface area (Å²) in [5, 5.41) is 3.65. The van der Waals surface area contributed by atoms with E-state index in [4.69, 9.17) is 0 Å². The molecular formula is C18H30N2S. The van der Waals surface area contributed by atoms with Crippen LogP contribution in [0.4, 0.5) is 0 Å². The largest absolute Gasteiger partial charge is 0.311 e. The van der Waals surface area contributed by atoms with Crippen molar-refractivity contribution in [1.29, 1.82) is 0 Å². The smallest absolute Gasteiger partial charge is 0.0474 e. The fourth-order valence-electron chi connectivity index (χ4n) is 3.36. The lowest BCUT2D eigenvalue weighted by Gasteiger charge is -2.44. The summed E-state index contributed by atoms with van der Waals surface area (Å²) in [4.78, 5) is 2.71. The first-order chi connectivity index (χ1) is 10.1. The molecule has 1 N–H and O–H groups in total. The molecular weight excluding hydrogens is 276 g/mol. The molecule has 2 atom stereocenters. The maximum Gasteiger partial charge on any atom is 0.0474 e. The van der Waals surface area contributed by atoms with E-state index in [9.17, 15) is 0 Å². The second-order valence-corrected chi connectivity index (χ2v) is 7.53. The van der Waals surface area contributed by atoms with Gasteiger partial charge in [-0.3, -0.25) is 4.90 Å². The second kappa shape index (κ2) is 7.66. The number of piperazine rings is 1. The minimum atomic E-state index is 0.393. The Morgan fingerprint density at radius 3 is 2.48 bits per heavy atom. The van der Waals surface area contributed by atoms with Crippen LogP contribution in [0.1, 0.15) is 45.2 Å². The SMILES string of the molecule is CCC(CC)(CN1CC(C)NCC1c1ccccc1)SC. The first-order valence-electron chi connectivity index (χ1n) is 8.21. The highest BCUT2D eigenvalue weighted by Crippen LogP contribution is 2.35. The lowest BCUT2D eigenvalue weighted by atomic mass is 9.96. The molecule has 1 aromatic carbocycles. The summed E-state index contributed by atoms with van der Waals surface area (Å²) in [6.07, 6.45) is 4.76. The summed E-state index contributed by atoms with van der Waals surface area (Å²) in [6.45, 7) is 10.4. The molecule has 118 valence electrons. The maximum atomic E-state index is 3.65. The lowest BCUT2D eigenvalue weighted by Crippen LogP contribution is -2.54. The number of thioether (sulfide) groups is 1. The van der Waals surface area contributed by atoms with Crippen LogP contribution in [0.15, 0.2) is 30.3 Å². The average molecular weight is 307 g/mol. The summed E-state index contributed by atoms with van der Waals surface area (Å²) in [6, 6.07) is 12.1. The Labute approximate surface area is 134 Å². The minimum Gasteiger partial charge on any atom is -0.311 e. The van der Waals surface area contributed by atoms with Gasteiger partial charge in [0, 0.05) is 36.5 Å². The van der Waals surface area contributed by atoms with Crippen LogP contribution in [0.3, 0.4) is 0 Å². The molecule has 2 unspecified atom stereocenters. The molecule has 1 aromatic rings. The summed E-state index contributed by atoms with van der Waals surface area (Å²) in [7, 11) is 0. The molecule has 0 aromatic heterocycles. The minimum absolute atomic E-state index is 0.393. The van der Waals surface area contributed by atoms with Gasteiger partial charge in [0.15, 0.2) is 0 Å². The van der Waals surface area contributed by atoms with Gasteiger partial charge in [-0.05, 0) is 31.6 Å². The summed E-state index contributed by atoms with van der Waals surface area (Å²) < 4.78 is 0.393. The topological polar surface area (TPSA) is 15.3 Å². The number of nitrogens with one attached hydrogen (secondary N) is 1. The van der Waals surface area contributed by atoms with Crippen molar-refractivity contribution < 1.29 is 0 Å². The molecule has 3 heteroatoms. The van der Waals surface area contributed by atoms with Gasteiger partial charge in [-0.15, -0.1) is 0 Å². The Balaban J connectivity index is 2.19. The number of rotatable bonds is 6. The fourth-order valence-corrected chi connectivity index (χ4v) is 4.23. The van der Waals surface area contributed by atoms with Gasteiger partial charge in [0.2, 0.25) is 0 Å². The molecule has 1 fully saturated rings. The first kappa shape index (κ1) is 16.9. The molecule has 0 spiro atoms. The third-order valence-electron chi connectivity index (χ3n) is 5.01. The molecule has 1 saturated heterocycles. The van der Waals surface area contributed by atoms with E-state index in [2.05, 4.69) is 67.6 Å². The standard InChI is InChI=1S/C18H30N2S/c1-5-18(6-2,21-4)14-20-13-15(3)19-12-17(20)16-10-8-7-9-11-16/h7-11,15,17,19H,5-6,12-14H2,1-4H3. The van der Waals surface area contributed by atoms with E-state index in [1.54, 1.807) is 0 Å². The first-order valence-corrected chi connectivity index (χ1v) is 9.44. The molecule has 1 aliphatic rings. The van der Waals surface area contributed by atoms with Gasteiger partial charge < -0.3 is 5.32 Å². The molecule has 2 rings (SSSR count). The highest BCUT2D eigenvalue weighted by Gasteiger charge is 2.34. The molecule has 0 bridgehead atoms. The Kier molecular flexibility index (Phi) is 6.15. The van der Waals surface area contributed by atoms with Crippen LogP contribution in [0, 0.1) is 0 Å². The molecule has 21 heavy (non-hydrogen) atoms. The predicted octanol–water partition coefficient (Wildman–Crippen LogP) is 3.94. The molecule has 0 aliphatic carbocycles. The summed E-state index contributed by atoms with van der Waals surface area (Å²) in [5.41, 5.74) is 1.44. The third kappa shape index (κ3) is 4.02. The summed E-state index contributed by atoms with van der Waals surface area (Å²) >= 11 is 2.05. The van der Waals surface area contributed by atoms with E-state index < -0.39 is 0 Å². The number of benzene rings is 1. The highest BCUT2D eigenvalue weighted by molar-refractivity contribution is 8.00. The molecule has 1 aliphatic heterocycles. The Morgan fingerprint density at radius 1 is 1.24 bits per heavy atom. The maximum absolute atomic E-state index is 3.65. The summed E-state index contributed by atoms with van der Waals surface area (Å²) in [5.74, 6) is 0. The van der Waals surface area contributed by atoms with Crippen molar-refractivity contribution in [3.05, 3.63) is 35.9 Å². The monoisotopic (exact) mass is 306 g/mol. The Hall–Kier alpha value is -0.510. The Bertz CT molecular complexity index is 408. The van der Waals surface area contributed by atoms with Crippen molar-refractivity contribution in [3.8, 4) is 0 Å². The van der Waals surface area contributed by atoms with Gasteiger partial charge in [0.1, 0.15) is 0 Å². The van der Waals surface area contributed by atoms with Crippen molar-refractivity contribution in [2.75, 3.05) is 25.9 Å². The van der Waals surface area contributed by atoms with Crippen molar-refractivity contribution in [3.63, 3.8) is 0 Å². The van der Waals surface area contributed by atoms with Gasteiger partial charge in [-0.25, -0.2) is 0 Å². The van der Waals surface area contributed by atoms with E-state index >= 15 is 0 Å². The van der Waals surface area contributed by atoms with Crippen LogP contribution >= 0.6 is 11.8 Å². The number of hydrogen-bond acceptors (Lipinski definition) is 3. The molecule has 0 saturated carbocycles. The van der Waals surface area contributed by atoms with E-state index in [1.165, 1.54) is 24.9 Å². The lowest BCUT2D eigenvalue weighted by molar-refractivity contribution is 0.120. The fraction of sp³-hybridized carbons (Fsp3) is 0.667. The number of nitrogens with zero attached hydrogens (tertiary/aromatic N) is 1. The van der Waals surface area contributed by atoms with Crippen LogP contribution in [0.5, 0.6) is 0 Å². The van der Waals surface area contributed by atoms with Gasteiger partial charge in [0.05, 0.1) is 0 Å². The van der Waals surface area contributed by atoms with Crippen LogP contribution in [0.25, 0.3) is 0 Å². The van der Waals surface area contributed by atoms with Gasteiger partial charge in [0.25, 0.3) is 0 Å². The van der Waals surface area contributed by atoms with Crippen LogP contribution in [0.2, 0.25) is 0 Å². The highest BCUT2D eigenvalue weighted by atomic mass is 32.2. The van der Waals surface area contributed by atoms with E-state index in [-0.39, 0.29) is 0 Å². The zero-order valence-electron chi connectivity index (χ0n) is 13.9.